The maximum atomic E-state index is 10.2. The highest BCUT2D eigenvalue weighted by molar-refractivity contribution is 5.13. The van der Waals surface area contributed by atoms with E-state index in [-0.39, 0.29) is 12.1 Å². The molecule has 1 fully saturated rings. The smallest absolute Gasteiger partial charge is 0.0696 e. The third kappa shape index (κ3) is 4.62. The van der Waals surface area contributed by atoms with Crippen LogP contribution in [0.25, 0.3) is 0 Å². The first-order valence-corrected chi connectivity index (χ1v) is 8.51. The van der Waals surface area contributed by atoms with E-state index >= 15 is 0 Å². The van der Waals surface area contributed by atoms with Crippen LogP contribution in [0.1, 0.15) is 30.5 Å². The molecule has 1 aliphatic carbocycles. The van der Waals surface area contributed by atoms with Crippen LogP contribution in [0.4, 0.5) is 0 Å². The van der Waals surface area contributed by atoms with Crippen LogP contribution >= 0.6 is 0 Å². The van der Waals surface area contributed by atoms with E-state index in [9.17, 15) is 5.11 Å². The number of hydrogen-bond acceptors (Lipinski definition) is 4. The van der Waals surface area contributed by atoms with Crippen LogP contribution in [0.15, 0.2) is 36.8 Å². The highest BCUT2D eigenvalue weighted by atomic mass is 16.3. The van der Waals surface area contributed by atoms with E-state index in [0.717, 1.165) is 44.5 Å². The summed E-state index contributed by atoms with van der Waals surface area (Å²) < 4.78 is 1.96. The Kier molecular flexibility index (Phi) is 5.41. The number of nitrogens with one attached hydrogen (secondary N) is 1. The van der Waals surface area contributed by atoms with E-state index in [1.807, 2.05) is 30.1 Å². The summed E-state index contributed by atoms with van der Waals surface area (Å²) in [5, 5.41) is 18.0. The molecule has 3 atom stereocenters. The fourth-order valence-electron chi connectivity index (χ4n) is 3.39. The number of aryl methyl sites for hydroxylation is 2. The standard InChI is InChI=1S/C18H26N4O/c1-14-5-6-15(12-20-14)4-2-7-19-17-10-16(11-18(17)23)13-22-9-3-8-21-22/h3,5-6,8-9,12,16-19,23H,2,4,7,10-11,13H2,1H3/t16?,17-,18-/m1/s1. The number of aromatic nitrogens is 3. The van der Waals surface area contributed by atoms with Gasteiger partial charge in [0.05, 0.1) is 6.10 Å². The van der Waals surface area contributed by atoms with Crippen molar-refractivity contribution in [3.05, 3.63) is 48.0 Å². The van der Waals surface area contributed by atoms with Gasteiger partial charge < -0.3 is 10.4 Å². The summed E-state index contributed by atoms with van der Waals surface area (Å²) >= 11 is 0. The molecule has 23 heavy (non-hydrogen) atoms. The van der Waals surface area contributed by atoms with Gasteiger partial charge in [-0.1, -0.05) is 6.07 Å². The molecule has 0 aromatic carbocycles. The number of hydrogen-bond donors (Lipinski definition) is 2. The predicted octanol–water partition coefficient (Wildman–Crippen LogP) is 1.95. The maximum absolute atomic E-state index is 10.2. The molecule has 124 valence electrons. The summed E-state index contributed by atoms with van der Waals surface area (Å²) in [6.07, 6.45) is 9.49. The van der Waals surface area contributed by atoms with Gasteiger partial charge in [0.15, 0.2) is 0 Å². The van der Waals surface area contributed by atoms with Crippen LogP contribution in [0.3, 0.4) is 0 Å². The summed E-state index contributed by atoms with van der Waals surface area (Å²) in [5.74, 6) is 0.503. The molecule has 3 rings (SSSR count). The van der Waals surface area contributed by atoms with E-state index in [1.54, 1.807) is 6.20 Å². The van der Waals surface area contributed by atoms with Gasteiger partial charge >= 0.3 is 0 Å². The number of aliphatic hydroxyl groups excluding tert-OH is 1. The summed E-state index contributed by atoms with van der Waals surface area (Å²) in [6, 6.07) is 6.36. The van der Waals surface area contributed by atoms with E-state index in [1.165, 1.54) is 5.56 Å². The summed E-state index contributed by atoms with van der Waals surface area (Å²) in [4.78, 5) is 4.32. The first kappa shape index (κ1) is 16.1. The Labute approximate surface area is 137 Å². The second kappa shape index (κ2) is 7.70. The molecule has 0 saturated heterocycles. The molecule has 2 heterocycles. The largest absolute Gasteiger partial charge is 0.391 e. The number of rotatable bonds is 7. The van der Waals surface area contributed by atoms with Gasteiger partial charge in [0.25, 0.3) is 0 Å². The van der Waals surface area contributed by atoms with Crippen LogP contribution in [-0.2, 0) is 13.0 Å². The number of nitrogens with zero attached hydrogens (tertiary/aromatic N) is 3. The highest BCUT2D eigenvalue weighted by Crippen LogP contribution is 2.27. The van der Waals surface area contributed by atoms with Gasteiger partial charge in [0.2, 0.25) is 0 Å². The van der Waals surface area contributed by atoms with Gasteiger partial charge in [0, 0.05) is 36.9 Å². The van der Waals surface area contributed by atoms with Crippen molar-refractivity contribution in [3.8, 4) is 0 Å². The van der Waals surface area contributed by atoms with Gasteiger partial charge in [0.1, 0.15) is 0 Å². The second-order valence-electron chi connectivity index (χ2n) is 6.60. The average Bonchev–Trinajstić information content (AvgIpc) is 3.16. The van der Waals surface area contributed by atoms with Crippen molar-refractivity contribution in [2.75, 3.05) is 6.54 Å². The molecule has 2 N–H and O–H groups in total. The quantitative estimate of drug-likeness (QED) is 0.767. The lowest BCUT2D eigenvalue weighted by molar-refractivity contribution is 0.146. The third-order valence-electron chi connectivity index (χ3n) is 4.65. The molecule has 0 bridgehead atoms. The minimum absolute atomic E-state index is 0.215. The van der Waals surface area contributed by atoms with Crippen LogP contribution in [-0.4, -0.2) is 38.6 Å². The summed E-state index contributed by atoms with van der Waals surface area (Å²) in [6.45, 7) is 3.84. The lowest BCUT2D eigenvalue weighted by Gasteiger charge is -2.16. The SMILES string of the molecule is Cc1ccc(CCCN[C@@H]2CC(Cn3cccn3)C[C@H]2O)cn1. The fraction of sp³-hybridized carbons (Fsp3) is 0.556. The molecule has 0 radical (unpaired) electrons. The Morgan fingerprint density at radius 2 is 2.26 bits per heavy atom. The number of aliphatic hydroxyl groups is 1. The molecule has 2 aromatic rings. The lowest BCUT2D eigenvalue weighted by atomic mass is 10.1. The van der Waals surface area contributed by atoms with E-state index in [2.05, 4.69) is 27.5 Å². The van der Waals surface area contributed by atoms with Gasteiger partial charge in [-0.05, 0) is 62.8 Å². The minimum atomic E-state index is -0.239. The molecule has 5 heteroatoms. The van der Waals surface area contributed by atoms with Crippen molar-refractivity contribution in [1.29, 1.82) is 0 Å². The molecular weight excluding hydrogens is 288 g/mol. The monoisotopic (exact) mass is 314 g/mol. The van der Waals surface area contributed by atoms with Crippen LogP contribution in [0.5, 0.6) is 0 Å². The summed E-state index contributed by atoms with van der Waals surface area (Å²) in [7, 11) is 0. The zero-order chi connectivity index (χ0) is 16.1. The van der Waals surface area contributed by atoms with E-state index < -0.39 is 0 Å². The Balaban J connectivity index is 1.37. The normalized spacial score (nSPS) is 24.2. The first-order chi connectivity index (χ1) is 11.2. The van der Waals surface area contributed by atoms with Gasteiger partial charge in [-0.25, -0.2) is 0 Å². The van der Waals surface area contributed by atoms with Crippen molar-refractivity contribution < 1.29 is 5.11 Å². The zero-order valence-electron chi connectivity index (χ0n) is 13.7. The molecule has 1 aliphatic rings. The van der Waals surface area contributed by atoms with Gasteiger partial charge in [-0.15, -0.1) is 0 Å². The van der Waals surface area contributed by atoms with Crippen molar-refractivity contribution in [2.24, 2.45) is 5.92 Å². The van der Waals surface area contributed by atoms with Crippen LogP contribution < -0.4 is 5.32 Å². The molecule has 2 aromatic heterocycles. The molecular formula is C18H26N4O. The molecule has 1 saturated carbocycles. The minimum Gasteiger partial charge on any atom is -0.391 e. The molecule has 0 spiro atoms. The fourth-order valence-corrected chi connectivity index (χ4v) is 3.39. The third-order valence-corrected chi connectivity index (χ3v) is 4.65. The Morgan fingerprint density at radius 1 is 1.35 bits per heavy atom. The summed E-state index contributed by atoms with van der Waals surface area (Å²) in [5.41, 5.74) is 2.34. The van der Waals surface area contributed by atoms with Gasteiger partial charge in [-0.2, -0.15) is 5.10 Å². The van der Waals surface area contributed by atoms with Crippen molar-refractivity contribution in [1.82, 2.24) is 20.1 Å². The van der Waals surface area contributed by atoms with Crippen LogP contribution in [0.2, 0.25) is 0 Å². The van der Waals surface area contributed by atoms with Crippen molar-refractivity contribution in [2.45, 2.75) is 51.3 Å². The molecule has 0 amide bonds. The average molecular weight is 314 g/mol. The first-order valence-electron chi connectivity index (χ1n) is 8.51. The van der Waals surface area contributed by atoms with E-state index in [4.69, 9.17) is 0 Å². The zero-order valence-corrected chi connectivity index (χ0v) is 13.7. The highest BCUT2D eigenvalue weighted by Gasteiger charge is 2.32. The second-order valence-corrected chi connectivity index (χ2v) is 6.60. The predicted molar refractivity (Wildman–Crippen MR) is 90.0 cm³/mol. The maximum Gasteiger partial charge on any atom is 0.0696 e. The van der Waals surface area contributed by atoms with Crippen molar-refractivity contribution >= 4 is 0 Å². The van der Waals surface area contributed by atoms with Crippen LogP contribution in [0, 0.1) is 12.8 Å². The number of pyridine rings is 1. The Morgan fingerprint density at radius 3 is 3.00 bits per heavy atom. The molecule has 5 nitrogen and oxygen atoms in total. The van der Waals surface area contributed by atoms with E-state index in [0.29, 0.717) is 5.92 Å². The molecule has 1 unspecified atom stereocenters. The topological polar surface area (TPSA) is 63.0 Å². The Hall–Kier alpha value is -1.72. The lowest BCUT2D eigenvalue weighted by Crippen LogP contribution is -2.36. The van der Waals surface area contributed by atoms with Crippen molar-refractivity contribution in [3.63, 3.8) is 0 Å². The van der Waals surface area contributed by atoms with Gasteiger partial charge in [-0.3, -0.25) is 9.67 Å². The molecule has 0 aliphatic heterocycles. The Bertz CT molecular complexity index is 582.